The van der Waals surface area contributed by atoms with Gasteiger partial charge in [-0.1, -0.05) is 6.07 Å². The van der Waals surface area contributed by atoms with Crippen molar-refractivity contribution >= 4 is 15.9 Å². The number of amides is 1. The summed E-state index contributed by atoms with van der Waals surface area (Å²) in [6.45, 7) is 1.88. The molecule has 1 heterocycles. The lowest BCUT2D eigenvalue weighted by Gasteiger charge is -2.25. The van der Waals surface area contributed by atoms with Crippen LogP contribution in [0.4, 0.5) is 4.39 Å². The molecule has 2 aliphatic rings. The molecule has 1 aromatic rings. The van der Waals surface area contributed by atoms with E-state index in [9.17, 15) is 17.6 Å². The van der Waals surface area contributed by atoms with Crippen molar-refractivity contribution in [3.8, 4) is 6.07 Å². The van der Waals surface area contributed by atoms with Crippen LogP contribution in [0.25, 0.3) is 0 Å². The molecule has 0 aromatic heterocycles. The molecule has 1 aliphatic carbocycles. The van der Waals surface area contributed by atoms with Gasteiger partial charge < -0.3 is 5.32 Å². The first-order valence-corrected chi connectivity index (χ1v) is 10.2. The van der Waals surface area contributed by atoms with Crippen LogP contribution in [0.3, 0.4) is 0 Å². The molecule has 8 heteroatoms. The molecule has 0 bridgehead atoms. The zero-order valence-electron chi connectivity index (χ0n) is 14.6. The van der Waals surface area contributed by atoms with E-state index in [1.165, 1.54) is 12.1 Å². The molecule has 1 saturated carbocycles. The van der Waals surface area contributed by atoms with Gasteiger partial charge in [-0.3, -0.25) is 4.79 Å². The van der Waals surface area contributed by atoms with Gasteiger partial charge in [-0.05, 0) is 56.7 Å². The summed E-state index contributed by atoms with van der Waals surface area (Å²) in [7, 11) is -4.08. The first-order valence-electron chi connectivity index (χ1n) is 8.81. The molecule has 1 aliphatic heterocycles. The number of nitrogens with one attached hydrogen (secondary N) is 1. The molecule has 1 saturated heterocycles. The number of nitriles is 1. The third-order valence-electron chi connectivity index (χ3n) is 5.14. The van der Waals surface area contributed by atoms with E-state index in [-0.39, 0.29) is 24.4 Å². The van der Waals surface area contributed by atoms with Crippen LogP contribution in [0.2, 0.25) is 0 Å². The van der Waals surface area contributed by atoms with E-state index in [0.29, 0.717) is 24.8 Å². The summed E-state index contributed by atoms with van der Waals surface area (Å²) < 4.78 is 41.1. The minimum atomic E-state index is -4.08. The van der Waals surface area contributed by atoms with E-state index in [1.54, 1.807) is 13.0 Å². The van der Waals surface area contributed by atoms with Crippen LogP contribution in [0.15, 0.2) is 23.1 Å². The summed E-state index contributed by atoms with van der Waals surface area (Å²) >= 11 is 0. The Kier molecular flexibility index (Phi) is 5.30. The summed E-state index contributed by atoms with van der Waals surface area (Å²) in [5.41, 5.74) is 0.630. The van der Waals surface area contributed by atoms with Crippen molar-refractivity contribution in [3.05, 3.63) is 29.6 Å². The van der Waals surface area contributed by atoms with Crippen LogP contribution in [0.5, 0.6) is 0 Å². The molecule has 1 N–H and O–H groups in total. The van der Waals surface area contributed by atoms with Crippen LogP contribution >= 0.6 is 0 Å². The molecule has 3 rings (SSSR count). The van der Waals surface area contributed by atoms with Crippen LogP contribution < -0.4 is 5.32 Å². The van der Waals surface area contributed by atoms with Gasteiger partial charge in [0.2, 0.25) is 15.9 Å². The smallest absolute Gasteiger partial charge is 0.246 e. The quantitative estimate of drug-likeness (QED) is 0.867. The molecular formula is C18H22FN3O3S. The van der Waals surface area contributed by atoms with E-state index in [2.05, 4.69) is 11.4 Å². The molecule has 0 radical (unpaired) electrons. The number of rotatable bonds is 4. The van der Waals surface area contributed by atoms with Crippen molar-refractivity contribution < 1.29 is 17.6 Å². The standard InChI is InChI=1S/C18H22FN3O3S/c1-12-4-7-17(15(19)9-12)26(24,25)22-8-2-3-16(22)18(23)21-14-6-5-13(10-14)11-20/h4,7,9,13-14,16H,2-3,5-6,8,10H2,1H3,(H,21,23)/t13-,14+,16+/m1/s1. The highest BCUT2D eigenvalue weighted by Crippen LogP contribution is 2.29. The van der Waals surface area contributed by atoms with Crippen LogP contribution in [-0.2, 0) is 14.8 Å². The minimum Gasteiger partial charge on any atom is -0.352 e. The molecule has 0 unspecified atom stereocenters. The molecule has 1 aromatic carbocycles. The Labute approximate surface area is 153 Å². The second-order valence-electron chi connectivity index (χ2n) is 7.05. The van der Waals surface area contributed by atoms with Crippen LogP contribution in [-0.4, -0.2) is 37.3 Å². The molecule has 6 nitrogen and oxygen atoms in total. The highest BCUT2D eigenvalue weighted by Gasteiger charge is 2.41. The lowest BCUT2D eigenvalue weighted by molar-refractivity contribution is -0.124. The maximum Gasteiger partial charge on any atom is 0.246 e. The Hall–Kier alpha value is -1.98. The Bertz CT molecular complexity index is 850. The van der Waals surface area contributed by atoms with E-state index in [4.69, 9.17) is 5.26 Å². The highest BCUT2D eigenvalue weighted by molar-refractivity contribution is 7.89. The summed E-state index contributed by atoms with van der Waals surface area (Å²) in [6, 6.07) is 5.24. The number of hydrogen-bond donors (Lipinski definition) is 1. The number of nitrogens with zero attached hydrogens (tertiary/aromatic N) is 2. The number of aryl methyl sites for hydroxylation is 1. The first kappa shape index (κ1) is 18.8. The van der Waals surface area contributed by atoms with Gasteiger partial charge in [-0.2, -0.15) is 9.57 Å². The zero-order chi connectivity index (χ0) is 18.9. The van der Waals surface area contributed by atoms with Crippen LogP contribution in [0, 0.1) is 30.0 Å². The number of hydrogen-bond acceptors (Lipinski definition) is 4. The fourth-order valence-corrected chi connectivity index (χ4v) is 5.46. The maximum absolute atomic E-state index is 14.2. The Balaban J connectivity index is 1.77. The lowest BCUT2D eigenvalue weighted by Crippen LogP contribution is -2.48. The third kappa shape index (κ3) is 3.60. The fraction of sp³-hybridized carbons (Fsp3) is 0.556. The molecule has 3 atom stereocenters. The topological polar surface area (TPSA) is 90.3 Å². The second-order valence-corrected chi connectivity index (χ2v) is 8.91. The van der Waals surface area contributed by atoms with Crippen molar-refractivity contribution in [3.63, 3.8) is 0 Å². The number of carbonyl (C=O) groups is 1. The van der Waals surface area contributed by atoms with Gasteiger partial charge in [0.05, 0.1) is 6.07 Å². The molecule has 2 fully saturated rings. The number of benzene rings is 1. The van der Waals surface area contributed by atoms with E-state index in [0.717, 1.165) is 17.1 Å². The van der Waals surface area contributed by atoms with Gasteiger partial charge in [0.1, 0.15) is 16.8 Å². The monoisotopic (exact) mass is 379 g/mol. The minimum absolute atomic E-state index is 0.0645. The van der Waals surface area contributed by atoms with Crippen molar-refractivity contribution in [1.82, 2.24) is 9.62 Å². The Morgan fingerprint density at radius 1 is 1.35 bits per heavy atom. The van der Waals surface area contributed by atoms with Crippen molar-refractivity contribution in [2.45, 2.75) is 56.0 Å². The summed E-state index contributed by atoms with van der Waals surface area (Å²) in [6.07, 6.45) is 3.01. The van der Waals surface area contributed by atoms with Gasteiger partial charge in [-0.25, -0.2) is 12.8 Å². The van der Waals surface area contributed by atoms with Gasteiger partial charge in [0.25, 0.3) is 0 Å². The Morgan fingerprint density at radius 2 is 2.12 bits per heavy atom. The third-order valence-corrected chi connectivity index (χ3v) is 7.08. The lowest BCUT2D eigenvalue weighted by atomic mass is 10.1. The fourth-order valence-electron chi connectivity index (χ4n) is 3.76. The SMILES string of the molecule is Cc1ccc(S(=O)(=O)N2CCC[C@H]2C(=O)N[C@H]2CC[C@@H](C#N)C2)c(F)c1. The summed E-state index contributed by atoms with van der Waals surface area (Å²) in [5.74, 6) is -1.23. The summed E-state index contributed by atoms with van der Waals surface area (Å²) in [5, 5.41) is 11.8. The average molecular weight is 379 g/mol. The molecule has 26 heavy (non-hydrogen) atoms. The van der Waals surface area contributed by atoms with E-state index in [1.807, 2.05) is 0 Å². The maximum atomic E-state index is 14.2. The van der Waals surface area contributed by atoms with Crippen molar-refractivity contribution in [2.75, 3.05) is 6.54 Å². The highest BCUT2D eigenvalue weighted by atomic mass is 32.2. The second kappa shape index (κ2) is 7.33. The zero-order valence-corrected chi connectivity index (χ0v) is 15.4. The van der Waals surface area contributed by atoms with Crippen LogP contribution in [0.1, 0.15) is 37.7 Å². The normalized spacial score (nSPS) is 26.6. The number of sulfonamides is 1. The van der Waals surface area contributed by atoms with Crippen molar-refractivity contribution in [2.24, 2.45) is 5.92 Å². The average Bonchev–Trinajstić information content (AvgIpc) is 3.23. The van der Waals surface area contributed by atoms with Crippen molar-refractivity contribution in [1.29, 1.82) is 5.26 Å². The van der Waals surface area contributed by atoms with Gasteiger partial charge >= 0.3 is 0 Å². The van der Waals surface area contributed by atoms with Gasteiger partial charge in [0, 0.05) is 18.5 Å². The largest absolute Gasteiger partial charge is 0.352 e. The van der Waals surface area contributed by atoms with Gasteiger partial charge in [-0.15, -0.1) is 0 Å². The van der Waals surface area contributed by atoms with E-state index >= 15 is 0 Å². The first-order chi connectivity index (χ1) is 12.3. The predicted molar refractivity (Wildman–Crippen MR) is 92.9 cm³/mol. The van der Waals surface area contributed by atoms with Gasteiger partial charge in [0.15, 0.2) is 0 Å². The van der Waals surface area contributed by atoms with E-state index < -0.39 is 26.8 Å². The number of halogens is 1. The molecule has 1 amide bonds. The summed E-state index contributed by atoms with van der Waals surface area (Å²) in [4.78, 5) is 12.2. The molecular weight excluding hydrogens is 357 g/mol. The molecule has 0 spiro atoms. The Morgan fingerprint density at radius 3 is 2.77 bits per heavy atom. The predicted octanol–water partition coefficient (Wildman–Crippen LogP) is 2.10. The number of carbonyl (C=O) groups excluding carboxylic acids is 1. The molecule has 140 valence electrons.